The zero-order valence-corrected chi connectivity index (χ0v) is 17.3. The first kappa shape index (κ1) is 22.8. The van der Waals surface area contributed by atoms with E-state index in [-0.39, 0.29) is 16.3 Å². The van der Waals surface area contributed by atoms with Crippen LogP contribution >= 0.6 is 23.2 Å². The molecule has 0 aliphatic rings. The highest BCUT2D eigenvalue weighted by atomic mass is 35.5. The van der Waals surface area contributed by atoms with E-state index in [4.69, 9.17) is 23.2 Å². The highest BCUT2D eigenvalue weighted by molar-refractivity contribution is 7.92. The number of carbonyl (C=O) groups excluding carboxylic acids is 1. The maximum atomic E-state index is 13.1. The number of benzene rings is 1. The normalized spacial score (nSPS) is 11.9. The summed E-state index contributed by atoms with van der Waals surface area (Å²) in [5.74, 6) is -0.812. The second-order valence-corrected chi connectivity index (χ2v) is 8.59. The summed E-state index contributed by atoms with van der Waals surface area (Å²) in [7, 11) is -4.60. The van der Waals surface area contributed by atoms with E-state index < -0.39 is 48.7 Å². The van der Waals surface area contributed by atoms with E-state index >= 15 is 0 Å². The predicted octanol–water partition coefficient (Wildman–Crippen LogP) is 4.13. The van der Waals surface area contributed by atoms with Gasteiger partial charge in [0.15, 0.2) is 0 Å². The van der Waals surface area contributed by atoms with Crippen LogP contribution in [0.5, 0.6) is 0 Å². The monoisotopic (exact) mass is 491 g/mol. The number of nitrogens with zero attached hydrogens (tertiary/aromatic N) is 1. The van der Waals surface area contributed by atoms with Gasteiger partial charge in [0.2, 0.25) is 11.3 Å². The van der Waals surface area contributed by atoms with Crippen LogP contribution in [0.4, 0.5) is 18.9 Å². The second kappa shape index (κ2) is 8.33. The summed E-state index contributed by atoms with van der Waals surface area (Å²) in [6, 6.07) is 5.33. The number of alkyl halides is 3. The highest BCUT2D eigenvalue weighted by Gasteiger charge is 2.34. The van der Waals surface area contributed by atoms with Crippen LogP contribution in [-0.2, 0) is 16.2 Å². The van der Waals surface area contributed by atoms with Gasteiger partial charge in [0.05, 0.1) is 26.2 Å². The van der Waals surface area contributed by atoms with Crippen LogP contribution in [0.15, 0.2) is 58.5 Å². The smallest absolute Gasteiger partial charge is 0.329 e. The van der Waals surface area contributed by atoms with Gasteiger partial charge in [-0.3, -0.25) is 14.3 Å². The number of halogens is 5. The van der Waals surface area contributed by atoms with Crippen LogP contribution < -0.4 is 10.3 Å². The molecule has 3 rings (SSSR count). The van der Waals surface area contributed by atoms with Gasteiger partial charge in [0.25, 0.3) is 10.0 Å². The van der Waals surface area contributed by atoms with Crippen molar-refractivity contribution < 1.29 is 26.4 Å². The molecule has 0 saturated heterocycles. The lowest BCUT2D eigenvalue weighted by Crippen LogP contribution is -2.18. The molecule has 0 aliphatic heterocycles. The Bertz CT molecular complexity index is 1340. The van der Waals surface area contributed by atoms with Crippen LogP contribution in [0.25, 0.3) is 0 Å². The van der Waals surface area contributed by atoms with Gasteiger partial charge in [0.1, 0.15) is 5.69 Å². The molecule has 0 amide bonds. The maximum absolute atomic E-state index is 13.1. The number of carbonyl (C=O) groups is 1. The van der Waals surface area contributed by atoms with E-state index in [0.717, 1.165) is 30.5 Å². The summed E-state index contributed by atoms with van der Waals surface area (Å²) >= 11 is 11.4. The number of aromatic nitrogens is 2. The van der Waals surface area contributed by atoms with Crippen molar-refractivity contribution in [2.75, 3.05) is 4.72 Å². The van der Waals surface area contributed by atoms with Crippen molar-refractivity contribution in [2.24, 2.45) is 0 Å². The summed E-state index contributed by atoms with van der Waals surface area (Å²) in [6.45, 7) is 0. The van der Waals surface area contributed by atoms with Crippen molar-refractivity contribution in [1.82, 2.24) is 9.97 Å². The third-order valence-electron chi connectivity index (χ3n) is 3.90. The number of H-pyrrole nitrogens is 1. The number of nitrogens with one attached hydrogen (secondary N) is 2. The SMILES string of the molecule is O=C(c1cc[nH]c(=O)c1)c1ncc(Cl)cc1NS(=O)(=O)c1ccc(Cl)c(C(F)(F)F)c1. The third-order valence-corrected chi connectivity index (χ3v) is 5.80. The van der Waals surface area contributed by atoms with Gasteiger partial charge in [-0.25, -0.2) is 13.4 Å². The molecule has 2 N–H and O–H groups in total. The van der Waals surface area contributed by atoms with E-state index in [1.165, 1.54) is 12.3 Å². The first-order valence-corrected chi connectivity index (χ1v) is 10.4. The molecule has 0 atom stereocenters. The molecule has 0 saturated carbocycles. The maximum Gasteiger partial charge on any atom is 0.417 e. The van der Waals surface area contributed by atoms with Gasteiger partial charge >= 0.3 is 6.18 Å². The molecule has 13 heteroatoms. The van der Waals surface area contributed by atoms with Gasteiger partial charge in [-0.2, -0.15) is 13.2 Å². The highest BCUT2D eigenvalue weighted by Crippen LogP contribution is 2.36. The molecule has 0 spiro atoms. The number of hydrogen-bond donors (Lipinski definition) is 2. The summed E-state index contributed by atoms with van der Waals surface area (Å²) in [5.41, 5.74) is -2.82. The molecule has 0 bridgehead atoms. The van der Waals surface area contributed by atoms with E-state index in [9.17, 15) is 31.2 Å². The van der Waals surface area contributed by atoms with E-state index in [1.807, 2.05) is 4.72 Å². The molecule has 0 fully saturated rings. The van der Waals surface area contributed by atoms with Crippen molar-refractivity contribution in [3.8, 4) is 0 Å². The quantitative estimate of drug-likeness (QED) is 0.521. The van der Waals surface area contributed by atoms with E-state index in [1.54, 1.807) is 0 Å². The number of rotatable bonds is 5. The molecule has 162 valence electrons. The molecule has 0 radical (unpaired) electrons. The Balaban J connectivity index is 2.06. The van der Waals surface area contributed by atoms with Gasteiger partial charge in [-0.05, 0) is 30.3 Å². The van der Waals surface area contributed by atoms with Crippen molar-refractivity contribution in [3.05, 3.63) is 86.0 Å². The number of aromatic amines is 1. The van der Waals surface area contributed by atoms with Gasteiger partial charge < -0.3 is 4.98 Å². The van der Waals surface area contributed by atoms with Crippen LogP contribution in [0, 0.1) is 0 Å². The predicted molar refractivity (Wildman–Crippen MR) is 107 cm³/mol. The number of ketones is 1. The molecular weight excluding hydrogens is 482 g/mol. The molecule has 7 nitrogen and oxygen atoms in total. The lowest BCUT2D eigenvalue weighted by Gasteiger charge is -2.14. The largest absolute Gasteiger partial charge is 0.417 e. The second-order valence-electron chi connectivity index (χ2n) is 6.07. The standard InChI is InChI=1S/C18H10Cl2F3N3O4S/c19-10-6-14(16(25-8-10)17(28)9-3-4-24-15(27)5-9)26-31(29,30)11-1-2-13(20)12(7-11)18(21,22)23/h1-8,26H,(H,24,27). The van der Waals surface area contributed by atoms with Crippen molar-refractivity contribution in [1.29, 1.82) is 0 Å². The minimum Gasteiger partial charge on any atom is -0.329 e. The fourth-order valence-corrected chi connectivity index (χ4v) is 3.98. The number of anilines is 1. The first-order chi connectivity index (χ1) is 14.4. The molecule has 0 unspecified atom stereocenters. The molecule has 2 heterocycles. The lowest BCUT2D eigenvalue weighted by atomic mass is 10.1. The molecule has 31 heavy (non-hydrogen) atoms. The zero-order chi connectivity index (χ0) is 23.0. The van der Waals surface area contributed by atoms with Crippen LogP contribution in [0.3, 0.4) is 0 Å². The Morgan fingerprint density at radius 1 is 1.10 bits per heavy atom. The third kappa shape index (κ3) is 5.06. The van der Waals surface area contributed by atoms with E-state index in [0.29, 0.717) is 6.07 Å². The topological polar surface area (TPSA) is 109 Å². The number of pyridine rings is 2. The molecule has 0 aliphatic carbocycles. The fourth-order valence-electron chi connectivity index (χ4n) is 2.51. The summed E-state index contributed by atoms with van der Waals surface area (Å²) < 4.78 is 66.7. The minimum atomic E-state index is -4.89. The van der Waals surface area contributed by atoms with Crippen LogP contribution in [0.1, 0.15) is 21.6 Å². The summed E-state index contributed by atoms with van der Waals surface area (Å²) in [4.78, 5) is 29.6. The number of sulfonamides is 1. The molecule has 2 aromatic heterocycles. The Labute approximate surface area is 182 Å². The minimum absolute atomic E-state index is 0.0488. The van der Waals surface area contributed by atoms with Crippen molar-refractivity contribution in [3.63, 3.8) is 0 Å². The van der Waals surface area contributed by atoms with Crippen molar-refractivity contribution in [2.45, 2.75) is 11.1 Å². The Morgan fingerprint density at radius 2 is 1.81 bits per heavy atom. The Morgan fingerprint density at radius 3 is 2.45 bits per heavy atom. The molecular formula is C18H10Cl2F3N3O4S. The summed E-state index contributed by atoms with van der Waals surface area (Å²) in [6.07, 6.45) is -2.60. The lowest BCUT2D eigenvalue weighted by molar-refractivity contribution is -0.137. The first-order valence-electron chi connectivity index (χ1n) is 8.17. The van der Waals surface area contributed by atoms with E-state index in [2.05, 4.69) is 9.97 Å². The van der Waals surface area contributed by atoms with Gasteiger partial charge in [0, 0.05) is 24.0 Å². The average molecular weight is 492 g/mol. The molecule has 1 aromatic carbocycles. The van der Waals surface area contributed by atoms with Crippen LogP contribution in [-0.4, -0.2) is 24.2 Å². The fraction of sp³-hybridized carbons (Fsp3) is 0.0556. The number of hydrogen-bond acceptors (Lipinski definition) is 5. The molecule has 3 aromatic rings. The Hall–Kier alpha value is -2.89. The summed E-state index contributed by atoms with van der Waals surface area (Å²) in [5, 5.41) is -0.728. The zero-order valence-electron chi connectivity index (χ0n) is 15.0. The van der Waals surface area contributed by atoms with Crippen molar-refractivity contribution >= 4 is 44.7 Å². The Kier molecular flexibility index (Phi) is 6.12. The van der Waals surface area contributed by atoms with Gasteiger partial charge in [-0.15, -0.1) is 0 Å². The average Bonchev–Trinajstić information content (AvgIpc) is 2.66. The van der Waals surface area contributed by atoms with Crippen LogP contribution in [0.2, 0.25) is 10.0 Å². The van der Waals surface area contributed by atoms with Gasteiger partial charge in [-0.1, -0.05) is 23.2 Å².